The summed E-state index contributed by atoms with van der Waals surface area (Å²) < 4.78 is 4.88. The van der Waals surface area contributed by atoms with Gasteiger partial charge in [-0.15, -0.1) is 0 Å². The minimum atomic E-state index is -0.742. The van der Waals surface area contributed by atoms with Crippen LogP contribution in [0.5, 0.6) is 0 Å². The Balaban J connectivity index is 2.46. The van der Waals surface area contributed by atoms with E-state index in [9.17, 15) is 5.11 Å². The molecule has 0 aromatic carbocycles. The minimum absolute atomic E-state index is 0.152. The van der Waals surface area contributed by atoms with Crippen LogP contribution >= 0.6 is 0 Å². The van der Waals surface area contributed by atoms with Gasteiger partial charge in [-0.2, -0.15) is 0 Å². The highest BCUT2D eigenvalue weighted by molar-refractivity contribution is 4.96. The molecule has 1 unspecified atom stereocenters. The third-order valence-corrected chi connectivity index (χ3v) is 2.04. The van der Waals surface area contributed by atoms with Crippen molar-refractivity contribution in [3.8, 4) is 0 Å². The van der Waals surface area contributed by atoms with E-state index in [1.54, 1.807) is 0 Å². The highest BCUT2D eigenvalue weighted by atomic mass is 16.5. The molecule has 1 aliphatic rings. The molecule has 0 amide bonds. The van der Waals surface area contributed by atoms with Crippen LogP contribution in [0, 0.1) is 5.92 Å². The van der Waals surface area contributed by atoms with Crippen molar-refractivity contribution in [2.24, 2.45) is 11.7 Å². The molecule has 0 saturated carbocycles. The SMILES string of the molecule is CC(C)C(N)C1(O)COC1. The first kappa shape index (κ1) is 7.98. The van der Waals surface area contributed by atoms with Gasteiger partial charge < -0.3 is 15.6 Å². The summed E-state index contributed by atoms with van der Waals surface area (Å²) >= 11 is 0. The van der Waals surface area contributed by atoms with E-state index in [1.165, 1.54) is 0 Å². The van der Waals surface area contributed by atoms with Crippen molar-refractivity contribution >= 4 is 0 Å². The lowest BCUT2D eigenvalue weighted by molar-refractivity contribution is -0.194. The van der Waals surface area contributed by atoms with Crippen molar-refractivity contribution in [1.29, 1.82) is 0 Å². The topological polar surface area (TPSA) is 55.5 Å². The summed E-state index contributed by atoms with van der Waals surface area (Å²) in [5.74, 6) is 0.314. The molecule has 3 nitrogen and oxygen atoms in total. The molecule has 3 N–H and O–H groups in total. The van der Waals surface area contributed by atoms with E-state index in [-0.39, 0.29) is 6.04 Å². The third-order valence-electron chi connectivity index (χ3n) is 2.04. The van der Waals surface area contributed by atoms with Gasteiger partial charge in [0.2, 0.25) is 0 Å². The second kappa shape index (κ2) is 2.49. The maximum atomic E-state index is 9.60. The molecule has 1 heterocycles. The first-order valence-electron chi connectivity index (χ1n) is 3.62. The van der Waals surface area contributed by atoms with Gasteiger partial charge in [-0.25, -0.2) is 0 Å². The van der Waals surface area contributed by atoms with Crippen molar-refractivity contribution in [2.75, 3.05) is 13.2 Å². The predicted molar refractivity (Wildman–Crippen MR) is 38.6 cm³/mol. The number of hydrogen-bond donors (Lipinski definition) is 2. The number of ether oxygens (including phenoxy) is 1. The summed E-state index contributed by atoms with van der Waals surface area (Å²) in [5, 5.41) is 9.60. The molecule has 1 fully saturated rings. The molecule has 1 atom stereocenters. The highest BCUT2D eigenvalue weighted by Crippen LogP contribution is 2.23. The summed E-state index contributed by atoms with van der Waals surface area (Å²) in [6.45, 7) is 4.79. The van der Waals surface area contributed by atoms with E-state index in [1.807, 2.05) is 13.8 Å². The van der Waals surface area contributed by atoms with E-state index in [0.717, 1.165) is 0 Å². The molecular weight excluding hydrogens is 130 g/mol. The predicted octanol–water partition coefficient (Wildman–Crippen LogP) is -0.269. The second-order valence-electron chi connectivity index (χ2n) is 3.37. The lowest BCUT2D eigenvalue weighted by Crippen LogP contribution is -2.63. The number of rotatable bonds is 2. The van der Waals surface area contributed by atoms with E-state index in [2.05, 4.69) is 0 Å². The van der Waals surface area contributed by atoms with Gasteiger partial charge in [0.25, 0.3) is 0 Å². The van der Waals surface area contributed by atoms with E-state index in [0.29, 0.717) is 19.1 Å². The van der Waals surface area contributed by atoms with Crippen molar-refractivity contribution in [2.45, 2.75) is 25.5 Å². The minimum Gasteiger partial charge on any atom is -0.383 e. The molecule has 0 aromatic heterocycles. The fourth-order valence-corrected chi connectivity index (χ4v) is 1.12. The Morgan fingerprint density at radius 2 is 2.00 bits per heavy atom. The molecule has 0 spiro atoms. The standard InChI is InChI=1S/C7H15NO2/c1-5(2)6(8)7(9)3-10-4-7/h5-6,9H,3-4,8H2,1-2H3. The molecule has 1 aliphatic heterocycles. The summed E-state index contributed by atoms with van der Waals surface area (Å²) in [7, 11) is 0. The maximum Gasteiger partial charge on any atom is 0.126 e. The highest BCUT2D eigenvalue weighted by Gasteiger charge is 2.43. The lowest BCUT2D eigenvalue weighted by atomic mass is 9.85. The van der Waals surface area contributed by atoms with Crippen LogP contribution in [0.1, 0.15) is 13.8 Å². The van der Waals surface area contributed by atoms with Crippen LogP contribution in [0.3, 0.4) is 0 Å². The first-order chi connectivity index (χ1) is 4.56. The number of aliphatic hydroxyl groups is 1. The zero-order valence-corrected chi connectivity index (χ0v) is 6.50. The first-order valence-corrected chi connectivity index (χ1v) is 3.62. The summed E-state index contributed by atoms with van der Waals surface area (Å²) in [6.07, 6.45) is 0. The van der Waals surface area contributed by atoms with Gasteiger partial charge in [0.1, 0.15) is 5.60 Å². The molecule has 0 radical (unpaired) electrons. The maximum absolute atomic E-state index is 9.60. The lowest BCUT2D eigenvalue weighted by Gasteiger charge is -2.42. The Labute approximate surface area is 61.2 Å². The van der Waals surface area contributed by atoms with Gasteiger partial charge in [0.05, 0.1) is 13.2 Å². The molecule has 0 aliphatic carbocycles. The summed E-state index contributed by atoms with van der Waals surface area (Å²) in [5.41, 5.74) is 4.98. The molecular formula is C7H15NO2. The van der Waals surface area contributed by atoms with Crippen molar-refractivity contribution in [1.82, 2.24) is 0 Å². The Kier molecular flexibility index (Phi) is 1.99. The van der Waals surface area contributed by atoms with Crippen LogP contribution in [-0.4, -0.2) is 30.0 Å². The Hall–Kier alpha value is -0.120. The normalized spacial score (nSPS) is 26.1. The van der Waals surface area contributed by atoms with E-state index >= 15 is 0 Å². The molecule has 1 saturated heterocycles. The van der Waals surface area contributed by atoms with Crippen LogP contribution in [0.25, 0.3) is 0 Å². The molecule has 0 aromatic rings. The van der Waals surface area contributed by atoms with Crippen LogP contribution in [0.4, 0.5) is 0 Å². The monoisotopic (exact) mass is 145 g/mol. The third kappa shape index (κ3) is 1.17. The van der Waals surface area contributed by atoms with Crippen LogP contribution in [0.2, 0.25) is 0 Å². The van der Waals surface area contributed by atoms with Gasteiger partial charge in [-0.3, -0.25) is 0 Å². The molecule has 3 heteroatoms. The Morgan fingerprint density at radius 1 is 1.50 bits per heavy atom. The summed E-state index contributed by atoms with van der Waals surface area (Å²) in [6, 6.07) is -0.152. The van der Waals surface area contributed by atoms with Crippen molar-refractivity contribution in [3.63, 3.8) is 0 Å². The van der Waals surface area contributed by atoms with Crippen LogP contribution in [-0.2, 0) is 4.74 Å². The largest absolute Gasteiger partial charge is 0.383 e. The smallest absolute Gasteiger partial charge is 0.126 e. The van der Waals surface area contributed by atoms with Gasteiger partial charge in [0, 0.05) is 6.04 Å². The Bertz CT molecular complexity index is 121. The molecule has 1 rings (SSSR count). The van der Waals surface area contributed by atoms with E-state index in [4.69, 9.17) is 10.5 Å². The van der Waals surface area contributed by atoms with Crippen LogP contribution < -0.4 is 5.73 Å². The van der Waals surface area contributed by atoms with Crippen molar-refractivity contribution < 1.29 is 9.84 Å². The molecule has 0 bridgehead atoms. The zero-order chi connectivity index (χ0) is 7.78. The van der Waals surface area contributed by atoms with Gasteiger partial charge >= 0.3 is 0 Å². The van der Waals surface area contributed by atoms with Crippen molar-refractivity contribution in [3.05, 3.63) is 0 Å². The van der Waals surface area contributed by atoms with E-state index < -0.39 is 5.60 Å². The molecule has 10 heavy (non-hydrogen) atoms. The zero-order valence-electron chi connectivity index (χ0n) is 6.50. The molecule has 60 valence electrons. The fourth-order valence-electron chi connectivity index (χ4n) is 1.12. The average molecular weight is 145 g/mol. The second-order valence-corrected chi connectivity index (χ2v) is 3.37. The van der Waals surface area contributed by atoms with Gasteiger partial charge in [-0.1, -0.05) is 13.8 Å². The quantitative estimate of drug-likeness (QED) is 0.562. The van der Waals surface area contributed by atoms with Crippen LogP contribution in [0.15, 0.2) is 0 Å². The average Bonchev–Trinajstić information content (AvgIpc) is 1.81. The summed E-state index contributed by atoms with van der Waals surface area (Å²) in [4.78, 5) is 0. The number of nitrogens with two attached hydrogens (primary N) is 1. The van der Waals surface area contributed by atoms with Gasteiger partial charge in [0.15, 0.2) is 0 Å². The Morgan fingerprint density at radius 3 is 2.10 bits per heavy atom. The number of hydrogen-bond acceptors (Lipinski definition) is 3. The fraction of sp³-hybridized carbons (Fsp3) is 1.00. The van der Waals surface area contributed by atoms with Gasteiger partial charge in [-0.05, 0) is 5.92 Å².